The quantitative estimate of drug-likeness (QED) is 0.180. The second-order valence-corrected chi connectivity index (χ2v) is 13.4. The van der Waals surface area contributed by atoms with E-state index >= 15 is 0 Å². The summed E-state index contributed by atoms with van der Waals surface area (Å²) >= 11 is 14.4. The highest BCUT2D eigenvalue weighted by molar-refractivity contribution is 6.53. The molecule has 11 heteroatoms. The number of benzene rings is 3. The number of aromatic hydroxyl groups is 1. The van der Waals surface area contributed by atoms with Crippen LogP contribution < -0.4 is 9.64 Å². The van der Waals surface area contributed by atoms with Gasteiger partial charge in [-0.3, -0.25) is 33.8 Å². The Balaban J connectivity index is 1.30. The van der Waals surface area contributed by atoms with E-state index in [1.165, 1.54) is 20.2 Å². The molecule has 1 saturated carbocycles. The first-order valence-corrected chi connectivity index (χ1v) is 15.5. The average molecular weight is 660 g/mol. The first-order valence-electron chi connectivity index (χ1n) is 14.8. The molecule has 2 aliphatic heterocycles. The van der Waals surface area contributed by atoms with E-state index in [1.807, 2.05) is 6.07 Å². The molecule has 0 radical (unpaired) electrons. The van der Waals surface area contributed by atoms with Crippen LogP contribution in [0.15, 0.2) is 84.4 Å². The van der Waals surface area contributed by atoms with Crippen molar-refractivity contribution in [2.24, 2.45) is 17.8 Å². The van der Waals surface area contributed by atoms with Gasteiger partial charge in [0.15, 0.2) is 15.5 Å². The summed E-state index contributed by atoms with van der Waals surface area (Å²) in [6, 6.07) is 19.6. The van der Waals surface area contributed by atoms with E-state index in [9.17, 15) is 29.1 Å². The van der Waals surface area contributed by atoms with Gasteiger partial charge in [0, 0.05) is 29.7 Å². The number of carbonyl (C=O) groups excluding carboxylic acids is 5. The number of hydrogen-bond acceptors (Lipinski definition) is 7. The molecular weight excluding hydrogens is 631 g/mol. The molecule has 0 spiro atoms. The predicted octanol–water partition coefficient (Wildman–Crippen LogP) is 4.83. The van der Waals surface area contributed by atoms with Crippen molar-refractivity contribution in [2.75, 3.05) is 19.1 Å². The number of alkyl halides is 2. The highest BCUT2D eigenvalue weighted by Gasteiger charge is 2.76. The van der Waals surface area contributed by atoms with Gasteiger partial charge in [0.2, 0.25) is 11.8 Å². The minimum absolute atomic E-state index is 0.161. The van der Waals surface area contributed by atoms with Crippen LogP contribution in [0.5, 0.6) is 11.5 Å². The molecule has 6 unspecified atom stereocenters. The Kier molecular flexibility index (Phi) is 6.92. The molecule has 7 rings (SSSR count). The van der Waals surface area contributed by atoms with E-state index < -0.39 is 57.0 Å². The second kappa shape index (κ2) is 10.5. The van der Waals surface area contributed by atoms with Gasteiger partial charge in [-0.05, 0) is 55.2 Å². The number of phenols is 1. The van der Waals surface area contributed by atoms with E-state index in [0.717, 1.165) is 9.80 Å². The van der Waals surface area contributed by atoms with Gasteiger partial charge in [0.25, 0.3) is 11.8 Å². The molecule has 6 atom stereocenters. The maximum atomic E-state index is 14.3. The Bertz CT molecular complexity index is 1880. The molecule has 3 aromatic carbocycles. The summed E-state index contributed by atoms with van der Waals surface area (Å²) in [7, 11) is 2.71. The number of anilines is 1. The first-order chi connectivity index (χ1) is 22.0. The van der Waals surface area contributed by atoms with Crippen molar-refractivity contribution >= 4 is 58.3 Å². The van der Waals surface area contributed by atoms with E-state index in [0.29, 0.717) is 22.4 Å². The van der Waals surface area contributed by atoms with E-state index in [4.69, 9.17) is 27.9 Å². The zero-order chi connectivity index (χ0) is 32.7. The number of carbonyl (C=O) groups is 5. The lowest BCUT2D eigenvalue weighted by Crippen LogP contribution is -2.60. The van der Waals surface area contributed by atoms with Crippen LogP contribution in [0, 0.1) is 17.8 Å². The number of phenolic OH excluding ortho intramolecular Hbond substituents is 1. The predicted molar refractivity (Wildman–Crippen MR) is 169 cm³/mol. The number of ketones is 1. The topological polar surface area (TPSA) is 121 Å². The van der Waals surface area contributed by atoms with Crippen LogP contribution in [0.2, 0.25) is 0 Å². The van der Waals surface area contributed by atoms with Crippen molar-refractivity contribution < 1.29 is 33.8 Å². The third-order valence-electron chi connectivity index (χ3n) is 9.99. The second-order valence-electron chi connectivity index (χ2n) is 12.1. The lowest BCUT2D eigenvalue weighted by molar-refractivity contribution is -0.138. The van der Waals surface area contributed by atoms with E-state index in [-0.39, 0.29) is 35.7 Å². The third kappa shape index (κ3) is 3.91. The van der Waals surface area contributed by atoms with Gasteiger partial charge in [-0.25, -0.2) is 0 Å². The standard InChI is InChI=1S/C35H28Cl2N2O7/c1-38-32(44)34(36)17-23-21(28(35(34,37)33(38)45)27-24(40)9-6-10-25(27)46-2)15-16-22-26(23)31(43)39(30(22)42)20-13-11-19(12-14-20)29(41)18-7-4-3-5-8-18/h3-15,22-23,26,28,40H,16-17H2,1-2H3. The lowest BCUT2D eigenvalue weighted by Gasteiger charge is -2.50. The molecule has 0 bridgehead atoms. The molecule has 2 saturated heterocycles. The fourth-order valence-electron chi connectivity index (χ4n) is 7.83. The zero-order valence-corrected chi connectivity index (χ0v) is 26.3. The van der Waals surface area contributed by atoms with Crippen LogP contribution in [0.4, 0.5) is 5.69 Å². The maximum absolute atomic E-state index is 14.3. The molecule has 3 fully saturated rings. The molecule has 0 aromatic heterocycles. The molecule has 2 aliphatic carbocycles. The summed E-state index contributed by atoms with van der Waals surface area (Å²) in [5.74, 6) is -6.12. The fraction of sp³-hybridized carbons (Fsp3) is 0.286. The zero-order valence-electron chi connectivity index (χ0n) is 24.8. The highest BCUT2D eigenvalue weighted by atomic mass is 35.5. The molecule has 4 aliphatic rings. The number of amides is 4. The van der Waals surface area contributed by atoms with Gasteiger partial charge in [-0.15, -0.1) is 23.2 Å². The summed E-state index contributed by atoms with van der Waals surface area (Å²) in [6.07, 6.45) is 1.77. The van der Waals surface area contributed by atoms with Crippen LogP contribution >= 0.6 is 23.2 Å². The van der Waals surface area contributed by atoms with Gasteiger partial charge >= 0.3 is 0 Å². The number of rotatable bonds is 5. The van der Waals surface area contributed by atoms with Crippen LogP contribution in [0.1, 0.15) is 40.2 Å². The van der Waals surface area contributed by atoms with Crippen molar-refractivity contribution in [3.05, 3.63) is 101 Å². The number of methoxy groups -OCH3 is 1. The SMILES string of the molecule is COc1cccc(O)c1C1C2=CCC3C(=O)N(c4ccc(C(=O)c5ccccc5)cc4)C(=O)C3C2CC2(Cl)C(=O)N(C)C(=O)C12Cl. The van der Waals surface area contributed by atoms with Crippen molar-refractivity contribution in [3.63, 3.8) is 0 Å². The Morgan fingerprint density at radius 3 is 2.22 bits per heavy atom. The molecule has 9 nitrogen and oxygen atoms in total. The average Bonchev–Trinajstić information content (AvgIpc) is 3.39. The van der Waals surface area contributed by atoms with Gasteiger partial charge < -0.3 is 9.84 Å². The van der Waals surface area contributed by atoms with Crippen LogP contribution in [-0.2, 0) is 19.2 Å². The smallest absolute Gasteiger partial charge is 0.253 e. The van der Waals surface area contributed by atoms with E-state index in [1.54, 1.807) is 66.7 Å². The monoisotopic (exact) mass is 658 g/mol. The van der Waals surface area contributed by atoms with Gasteiger partial charge in [0.05, 0.1) is 24.6 Å². The van der Waals surface area contributed by atoms with Crippen LogP contribution in [-0.4, -0.2) is 63.3 Å². The molecule has 46 heavy (non-hydrogen) atoms. The minimum Gasteiger partial charge on any atom is -0.508 e. The van der Waals surface area contributed by atoms with Crippen molar-refractivity contribution in [2.45, 2.75) is 28.5 Å². The van der Waals surface area contributed by atoms with E-state index in [2.05, 4.69) is 0 Å². The Morgan fingerprint density at radius 2 is 1.54 bits per heavy atom. The first kappa shape index (κ1) is 30.2. The van der Waals surface area contributed by atoms with Gasteiger partial charge in [-0.2, -0.15) is 0 Å². The molecule has 4 amide bonds. The molecule has 2 heterocycles. The molecular formula is C35H28Cl2N2O7. The summed E-state index contributed by atoms with van der Waals surface area (Å²) in [4.78, 5) is 66.5. The van der Waals surface area contributed by atoms with Gasteiger partial charge in [0.1, 0.15) is 11.5 Å². The molecule has 1 N–H and O–H groups in total. The minimum atomic E-state index is -2.05. The Labute approximate surface area is 274 Å². The number of allylic oxidation sites excluding steroid dienone is 2. The van der Waals surface area contributed by atoms with Crippen molar-refractivity contribution in [1.29, 1.82) is 0 Å². The Hall–Kier alpha value is -4.47. The lowest BCUT2D eigenvalue weighted by atomic mass is 9.56. The van der Waals surface area contributed by atoms with Gasteiger partial charge in [-0.1, -0.05) is 48.0 Å². The molecule has 3 aromatic rings. The Morgan fingerprint density at radius 1 is 0.870 bits per heavy atom. The number of hydrogen-bond donors (Lipinski definition) is 1. The number of imide groups is 2. The summed E-state index contributed by atoms with van der Waals surface area (Å²) in [5.41, 5.74) is 1.93. The van der Waals surface area contributed by atoms with Crippen LogP contribution in [0.3, 0.4) is 0 Å². The number of halogens is 2. The van der Waals surface area contributed by atoms with Crippen molar-refractivity contribution in [3.8, 4) is 11.5 Å². The summed E-state index contributed by atoms with van der Waals surface area (Å²) < 4.78 is 5.58. The third-order valence-corrected chi connectivity index (χ3v) is 11.4. The van der Waals surface area contributed by atoms with Crippen LogP contribution in [0.25, 0.3) is 0 Å². The van der Waals surface area contributed by atoms with Crippen molar-refractivity contribution in [1.82, 2.24) is 4.90 Å². The maximum Gasteiger partial charge on any atom is 0.253 e. The number of fused-ring (bicyclic) bond motifs is 4. The molecule has 234 valence electrons. The largest absolute Gasteiger partial charge is 0.508 e. The number of nitrogens with zero attached hydrogens (tertiary/aromatic N) is 2. The number of ether oxygens (including phenoxy) is 1. The highest BCUT2D eigenvalue weighted by Crippen LogP contribution is 2.66. The summed E-state index contributed by atoms with van der Waals surface area (Å²) in [5, 5.41) is 11.1. The normalized spacial score (nSPS) is 30.1. The fourth-order valence-corrected chi connectivity index (χ4v) is 8.84. The number of likely N-dealkylation sites (tertiary alicyclic amines) is 1. The summed E-state index contributed by atoms with van der Waals surface area (Å²) in [6.45, 7) is 0.